The van der Waals surface area contributed by atoms with E-state index in [-0.39, 0.29) is 11.5 Å². The molecule has 0 heterocycles. The summed E-state index contributed by atoms with van der Waals surface area (Å²) in [5, 5.41) is 8.93. The first-order valence-corrected chi connectivity index (χ1v) is 4.20. The Labute approximate surface area is 78.2 Å². The van der Waals surface area contributed by atoms with E-state index in [1.165, 1.54) is 25.1 Å². The van der Waals surface area contributed by atoms with Gasteiger partial charge in [-0.1, -0.05) is 13.8 Å². The summed E-state index contributed by atoms with van der Waals surface area (Å²) in [7, 11) is 0. The van der Waals surface area contributed by atoms with Crippen molar-refractivity contribution in [2.45, 2.75) is 20.8 Å². The number of rotatable bonds is 1. The molecule has 1 aromatic rings. The van der Waals surface area contributed by atoms with Gasteiger partial charge in [0.15, 0.2) is 5.78 Å². The van der Waals surface area contributed by atoms with Crippen molar-refractivity contribution < 1.29 is 9.90 Å². The minimum atomic E-state index is -0.0949. The Balaban J connectivity index is 0.000000671. The number of nitrogen functional groups attached to an aromatic ring is 1. The highest BCUT2D eigenvalue weighted by Gasteiger charge is 2.03. The van der Waals surface area contributed by atoms with Crippen LogP contribution in [0.2, 0.25) is 0 Å². The van der Waals surface area contributed by atoms with Crippen LogP contribution in [0.3, 0.4) is 0 Å². The molecule has 1 aromatic carbocycles. The van der Waals surface area contributed by atoms with Crippen molar-refractivity contribution in [1.82, 2.24) is 0 Å². The summed E-state index contributed by atoms with van der Waals surface area (Å²) in [6, 6.07) is 4.30. The fraction of sp³-hybridized carbons (Fsp3) is 0.300. The number of anilines is 1. The fourth-order valence-corrected chi connectivity index (χ4v) is 0.871. The molecule has 3 heteroatoms. The Kier molecular flexibility index (Phi) is 4.59. The number of Topliss-reactive ketones (excluding diaryl/α,β-unsaturated/α-hetero) is 1. The minimum Gasteiger partial charge on any atom is -0.508 e. The van der Waals surface area contributed by atoms with Crippen LogP contribution in [-0.4, -0.2) is 10.9 Å². The maximum Gasteiger partial charge on any atom is 0.161 e. The molecule has 72 valence electrons. The van der Waals surface area contributed by atoms with Gasteiger partial charge in [0.2, 0.25) is 0 Å². The third kappa shape index (κ3) is 3.15. The molecule has 0 unspecified atom stereocenters. The van der Waals surface area contributed by atoms with E-state index >= 15 is 0 Å². The predicted molar refractivity (Wildman–Crippen MR) is 53.9 cm³/mol. The SMILES string of the molecule is CC.CC(=O)c1ccc(O)cc1N. The largest absolute Gasteiger partial charge is 0.508 e. The predicted octanol–water partition coefficient (Wildman–Crippen LogP) is 2.20. The second-order valence-electron chi connectivity index (χ2n) is 2.33. The summed E-state index contributed by atoms with van der Waals surface area (Å²) in [4.78, 5) is 10.8. The number of ketones is 1. The zero-order valence-corrected chi connectivity index (χ0v) is 8.16. The molecule has 0 aromatic heterocycles. The van der Waals surface area contributed by atoms with Crippen molar-refractivity contribution >= 4 is 11.5 Å². The summed E-state index contributed by atoms with van der Waals surface area (Å²) < 4.78 is 0. The number of carbonyl (C=O) groups excluding carboxylic acids is 1. The van der Waals surface area contributed by atoms with E-state index in [0.29, 0.717) is 11.3 Å². The van der Waals surface area contributed by atoms with E-state index < -0.39 is 0 Å². The van der Waals surface area contributed by atoms with Gasteiger partial charge in [-0.15, -0.1) is 0 Å². The van der Waals surface area contributed by atoms with E-state index in [1.807, 2.05) is 13.8 Å². The molecule has 0 amide bonds. The summed E-state index contributed by atoms with van der Waals surface area (Å²) in [6.45, 7) is 5.43. The van der Waals surface area contributed by atoms with Gasteiger partial charge in [-0.3, -0.25) is 4.79 Å². The van der Waals surface area contributed by atoms with Crippen molar-refractivity contribution in [3.8, 4) is 5.75 Å². The number of aromatic hydroxyl groups is 1. The van der Waals surface area contributed by atoms with Crippen LogP contribution in [0.4, 0.5) is 5.69 Å². The highest BCUT2D eigenvalue weighted by molar-refractivity contribution is 5.99. The normalized spacial score (nSPS) is 8.54. The van der Waals surface area contributed by atoms with E-state index in [9.17, 15) is 4.79 Å². The quantitative estimate of drug-likeness (QED) is 0.515. The molecule has 0 atom stereocenters. The lowest BCUT2D eigenvalue weighted by molar-refractivity contribution is 0.101. The lowest BCUT2D eigenvalue weighted by Gasteiger charge is -2.00. The lowest BCUT2D eigenvalue weighted by Crippen LogP contribution is -1.98. The van der Waals surface area contributed by atoms with Crippen LogP contribution in [-0.2, 0) is 0 Å². The maximum atomic E-state index is 10.8. The molecule has 0 spiro atoms. The maximum absolute atomic E-state index is 10.8. The average Bonchev–Trinajstić information content (AvgIpc) is 2.07. The van der Waals surface area contributed by atoms with Crippen LogP contribution in [0.5, 0.6) is 5.75 Å². The highest BCUT2D eigenvalue weighted by atomic mass is 16.3. The molecule has 0 aliphatic heterocycles. The number of hydrogen-bond donors (Lipinski definition) is 2. The van der Waals surface area contributed by atoms with Crippen molar-refractivity contribution in [3.05, 3.63) is 23.8 Å². The fourth-order valence-electron chi connectivity index (χ4n) is 0.871. The molecule has 13 heavy (non-hydrogen) atoms. The second kappa shape index (κ2) is 5.19. The molecular weight excluding hydrogens is 166 g/mol. The highest BCUT2D eigenvalue weighted by Crippen LogP contribution is 2.18. The number of phenols is 1. The average molecular weight is 181 g/mol. The Morgan fingerprint density at radius 2 is 1.92 bits per heavy atom. The zero-order chi connectivity index (χ0) is 10.4. The van der Waals surface area contributed by atoms with E-state index in [0.717, 1.165) is 0 Å². The standard InChI is InChI=1S/C8H9NO2.C2H6/c1-5(10)7-3-2-6(11)4-8(7)9;1-2/h2-4,11H,9H2,1H3;1-2H3. The monoisotopic (exact) mass is 181 g/mol. The molecule has 0 saturated heterocycles. The van der Waals surface area contributed by atoms with Crippen molar-refractivity contribution in [3.63, 3.8) is 0 Å². The van der Waals surface area contributed by atoms with Gasteiger partial charge < -0.3 is 10.8 Å². The van der Waals surface area contributed by atoms with E-state index in [1.54, 1.807) is 0 Å². The smallest absolute Gasteiger partial charge is 0.161 e. The Bertz CT molecular complexity index is 295. The van der Waals surface area contributed by atoms with Crippen LogP contribution >= 0.6 is 0 Å². The second-order valence-corrected chi connectivity index (χ2v) is 2.33. The third-order valence-corrected chi connectivity index (χ3v) is 1.41. The van der Waals surface area contributed by atoms with Gasteiger partial charge in [-0.25, -0.2) is 0 Å². The van der Waals surface area contributed by atoms with Gasteiger partial charge in [0.05, 0.1) is 0 Å². The van der Waals surface area contributed by atoms with E-state index in [4.69, 9.17) is 10.8 Å². The van der Waals surface area contributed by atoms with Crippen molar-refractivity contribution in [2.75, 3.05) is 5.73 Å². The number of carbonyl (C=O) groups is 1. The number of nitrogens with two attached hydrogens (primary N) is 1. The van der Waals surface area contributed by atoms with Crippen LogP contribution in [0, 0.1) is 0 Å². The number of hydrogen-bond acceptors (Lipinski definition) is 3. The van der Waals surface area contributed by atoms with Crippen LogP contribution < -0.4 is 5.73 Å². The summed E-state index contributed by atoms with van der Waals surface area (Å²) in [5.41, 5.74) is 6.21. The molecule has 0 fully saturated rings. The third-order valence-electron chi connectivity index (χ3n) is 1.41. The van der Waals surface area contributed by atoms with Gasteiger partial charge in [0, 0.05) is 17.3 Å². The first-order chi connectivity index (χ1) is 6.11. The Morgan fingerprint density at radius 3 is 2.31 bits per heavy atom. The minimum absolute atomic E-state index is 0.0764. The molecule has 0 bridgehead atoms. The van der Waals surface area contributed by atoms with Gasteiger partial charge in [0.1, 0.15) is 5.75 Å². The molecule has 3 nitrogen and oxygen atoms in total. The molecular formula is C10H15NO2. The summed E-state index contributed by atoms with van der Waals surface area (Å²) in [6.07, 6.45) is 0. The zero-order valence-electron chi connectivity index (χ0n) is 8.16. The van der Waals surface area contributed by atoms with Gasteiger partial charge in [-0.2, -0.15) is 0 Å². The van der Waals surface area contributed by atoms with Gasteiger partial charge >= 0.3 is 0 Å². The molecule has 3 N–H and O–H groups in total. The van der Waals surface area contributed by atoms with Gasteiger partial charge in [0.25, 0.3) is 0 Å². The molecule has 1 rings (SSSR count). The molecule has 0 aliphatic carbocycles. The lowest BCUT2D eigenvalue weighted by atomic mass is 10.1. The first kappa shape index (κ1) is 11.5. The molecule has 0 saturated carbocycles. The number of benzene rings is 1. The van der Waals surface area contributed by atoms with Crippen LogP contribution in [0.15, 0.2) is 18.2 Å². The Morgan fingerprint density at radius 1 is 1.38 bits per heavy atom. The Hall–Kier alpha value is -1.51. The summed E-state index contributed by atoms with van der Waals surface area (Å²) in [5.74, 6) is -0.0185. The van der Waals surface area contributed by atoms with Gasteiger partial charge in [-0.05, 0) is 19.1 Å². The first-order valence-electron chi connectivity index (χ1n) is 4.20. The molecule has 0 radical (unpaired) electrons. The topological polar surface area (TPSA) is 63.3 Å². The summed E-state index contributed by atoms with van der Waals surface area (Å²) >= 11 is 0. The van der Waals surface area contributed by atoms with Crippen molar-refractivity contribution in [1.29, 1.82) is 0 Å². The van der Waals surface area contributed by atoms with Crippen LogP contribution in [0.1, 0.15) is 31.1 Å². The number of phenolic OH excluding ortho intramolecular Hbond substituents is 1. The van der Waals surface area contributed by atoms with Crippen molar-refractivity contribution in [2.24, 2.45) is 0 Å². The van der Waals surface area contributed by atoms with E-state index in [2.05, 4.69) is 0 Å². The molecule has 0 aliphatic rings. The van der Waals surface area contributed by atoms with Crippen LogP contribution in [0.25, 0.3) is 0 Å².